The first kappa shape index (κ1) is 11.6. The maximum atomic E-state index is 5.13. The van der Waals surface area contributed by atoms with Crippen molar-refractivity contribution in [3.63, 3.8) is 0 Å². The number of hydrogen-bond donors (Lipinski definition) is 1. The van der Waals surface area contributed by atoms with Gasteiger partial charge in [0.15, 0.2) is 0 Å². The van der Waals surface area contributed by atoms with E-state index in [2.05, 4.69) is 22.4 Å². The van der Waals surface area contributed by atoms with Crippen molar-refractivity contribution < 1.29 is 4.52 Å². The highest BCUT2D eigenvalue weighted by atomic mass is 16.5. The number of nitrogens with one attached hydrogen (secondary N) is 1. The number of rotatable bonds is 6. The van der Waals surface area contributed by atoms with Gasteiger partial charge in [-0.25, -0.2) is 0 Å². The molecule has 1 aromatic heterocycles. The quantitative estimate of drug-likeness (QED) is 0.775. The van der Waals surface area contributed by atoms with Crippen LogP contribution in [0.25, 0.3) is 11.4 Å². The van der Waals surface area contributed by atoms with Crippen LogP contribution in [0.3, 0.4) is 0 Å². The second-order valence-electron chi connectivity index (χ2n) is 3.92. The second kappa shape index (κ2) is 6.03. The molecule has 0 amide bonds. The first-order chi connectivity index (χ1) is 8.40. The highest BCUT2D eigenvalue weighted by Crippen LogP contribution is 2.16. The Labute approximate surface area is 101 Å². The third-order valence-electron chi connectivity index (χ3n) is 2.51. The molecule has 17 heavy (non-hydrogen) atoms. The molecule has 0 spiro atoms. The van der Waals surface area contributed by atoms with Crippen LogP contribution in [0.1, 0.15) is 26.2 Å². The van der Waals surface area contributed by atoms with Gasteiger partial charge in [-0.2, -0.15) is 4.98 Å². The van der Waals surface area contributed by atoms with Gasteiger partial charge in [-0.1, -0.05) is 55.3 Å². The van der Waals surface area contributed by atoms with Gasteiger partial charge in [0.2, 0.25) is 5.82 Å². The SMILES string of the molecule is CCCCCNc1nc(-c2ccccc2)no1. The molecule has 0 aliphatic heterocycles. The van der Waals surface area contributed by atoms with Crippen LogP contribution in [0.2, 0.25) is 0 Å². The van der Waals surface area contributed by atoms with Crippen molar-refractivity contribution in [2.45, 2.75) is 26.2 Å². The molecule has 0 atom stereocenters. The first-order valence-corrected chi connectivity index (χ1v) is 6.03. The Morgan fingerprint density at radius 2 is 2.00 bits per heavy atom. The lowest BCUT2D eigenvalue weighted by Crippen LogP contribution is -2.01. The van der Waals surface area contributed by atoms with E-state index in [1.807, 2.05) is 30.3 Å². The van der Waals surface area contributed by atoms with Crippen molar-refractivity contribution in [3.05, 3.63) is 30.3 Å². The Bertz CT molecular complexity index is 439. The molecule has 4 nitrogen and oxygen atoms in total. The van der Waals surface area contributed by atoms with E-state index in [9.17, 15) is 0 Å². The summed E-state index contributed by atoms with van der Waals surface area (Å²) in [4.78, 5) is 4.29. The van der Waals surface area contributed by atoms with Crippen LogP contribution in [-0.4, -0.2) is 16.7 Å². The smallest absolute Gasteiger partial charge is 0.321 e. The molecule has 0 saturated heterocycles. The molecule has 0 aliphatic carbocycles. The van der Waals surface area contributed by atoms with Crippen LogP contribution >= 0.6 is 0 Å². The highest BCUT2D eigenvalue weighted by molar-refractivity contribution is 5.54. The van der Waals surface area contributed by atoms with Crippen molar-refractivity contribution in [1.82, 2.24) is 10.1 Å². The summed E-state index contributed by atoms with van der Waals surface area (Å²) in [6, 6.07) is 10.3. The molecule has 4 heteroatoms. The van der Waals surface area contributed by atoms with Crippen LogP contribution in [0, 0.1) is 0 Å². The predicted molar refractivity (Wildman–Crippen MR) is 67.7 cm³/mol. The molecule has 0 unspecified atom stereocenters. The Morgan fingerprint density at radius 3 is 2.76 bits per heavy atom. The van der Waals surface area contributed by atoms with Crippen LogP contribution in [0.5, 0.6) is 0 Å². The molecule has 90 valence electrons. The average molecular weight is 231 g/mol. The van der Waals surface area contributed by atoms with E-state index in [1.165, 1.54) is 12.8 Å². The average Bonchev–Trinajstić information content (AvgIpc) is 2.85. The van der Waals surface area contributed by atoms with Crippen molar-refractivity contribution in [1.29, 1.82) is 0 Å². The minimum absolute atomic E-state index is 0.500. The Balaban J connectivity index is 1.92. The van der Waals surface area contributed by atoms with Gasteiger partial charge in [-0.15, -0.1) is 0 Å². The Kier molecular flexibility index (Phi) is 4.13. The lowest BCUT2D eigenvalue weighted by Gasteiger charge is -1.98. The van der Waals surface area contributed by atoms with Gasteiger partial charge >= 0.3 is 6.01 Å². The van der Waals surface area contributed by atoms with E-state index < -0.39 is 0 Å². The number of hydrogen-bond acceptors (Lipinski definition) is 4. The number of aromatic nitrogens is 2. The summed E-state index contributed by atoms with van der Waals surface area (Å²) in [6.07, 6.45) is 3.55. The van der Waals surface area contributed by atoms with E-state index in [-0.39, 0.29) is 0 Å². The zero-order valence-electron chi connectivity index (χ0n) is 10.0. The fourth-order valence-corrected chi connectivity index (χ4v) is 1.57. The lowest BCUT2D eigenvalue weighted by molar-refractivity contribution is 0.431. The topological polar surface area (TPSA) is 51.0 Å². The van der Waals surface area contributed by atoms with Gasteiger partial charge in [0.1, 0.15) is 0 Å². The van der Waals surface area contributed by atoms with Crippen LogP contribution in [0.15, 0.2) is 34.9 Å². The molecule has 1 heterocycles. The fraction of sp³-hybridized carbons (Fsp3) is 0.385. The third-order valence-corrected chi connectivity index (χ3v) is 2.51. The molecule has 0 radical (unpaired) electrons. The van der Waals surface area contributed by atoms with E-state index in [0.29, 0.717) is 11.8 Å². The zero-order valence-corrected chi connectivity index (χ0v) is 10.0. The number of unbranched alkanes of at least 4 members (excludes halogenated alkanes) is 2. The van der Waals surface area contributed by atoms with Gasteiger partial charge in [0.05, 0.1) is 0 Å². The highest BCUT2D eigenvalue weighted by Gasteiger charge is 2.06. The van der Waals surface area contributed by atoms with Crippen LogP contribution in [0.4, 0.5) is 6.01 Å². The number of nitrogens with zero attached hydrogens (tertiary/aromatic N) is 2. The van der Waals surface area contributed by atoms with Crippen molar-refractivity contribution >= 4 is 6.01 Å². The minimum Gasteiger partial charge on any atom is -0.338 e. The summed E-state index contributed by atoms with van der Waals surface area (Å²) in [5, 5.41) is 7.07. The van der Waals surface area contributed by atoms with Crippen molar-refractivity contribution in [2.75, 3.05) is 11.9 Å². The third kappa shape index (κ3) is 3.31. The largest absolute Gasteiger partial charge is 0.338 e. The summed E-state index contributed by atoms with van der Waals surface area (Å²) in [5.41, 5.74) is 0.970. The minimum atomic E-state index is 0.500. The first-order valence-electron chi connectivity index (χ1n) is 6.03. The molecule has 1 N–H and O–H groups in total. The normalized spacial score (nSPS) is 10.4. The summed E-state index contributed by atoms with van der Waals surface area (Å²) < 4.78 is 5.13. The van der Waals surface area contributed by atoms with Crippen LogP contribution < -0.4 is 5.32 Å². The fourth-order valence-electron chi connectivity index (χ4n) is 1.57. The van der Waals surface area contributed by atoms with Gasteiger partial charge in [-0.3, -0.25) is 0 Å². The summed E-state index contributed by atoms with van der Waals surface area (Å²) >= 11 is 0. The monoisotopic (exact) mass is 231 g/mol. The van der Waals surface area contributed by atoms with Gasteiger partial charge in [0, 0.05) is 12.1 Å². The van der Waals surface area contributed by atoms with E-state index >= 15 is 0 Å². The van der Waals surface area contributed by atoms with Crippen LogP contribution in [-0.2, 0) is 0 Å². The molecule has 2 rings (SSSR count). The molecular formula is C13H17N3O. The molecular weight excluding hydrogens is 214 g/mol. The lowest BCUT2D eigenvalue weighted by atomic mass is 10.2. The standard InChI is InChI=1S/C13H17N3O/c1-2-3-7-10-14-13-15-12(16-17-13)11-8-5-4-6-9-11/h4-6,8-9H,2-3,7,10H2,1H3,(H,14,15,16). The molecule has 0 fully saturated rings. The van der Waals surface area contributed by atoms with Crippen molar-refractivity contribution in [3.8, 4) is 11.4 Å². The van der Waals surface area contributed by atoms with Gasteiger partial charge in [-0.05, 0) is 6.42 Å². The molecule has 2 aromatic rings. The molecule has 0 aliphatic rings. The Hall–Kier alpha value is -1.84. The number of benzene rings is 1. The summed E-state index contributed by atoms with van der Waals surface area (Å²) in [5.74, 6) is 0.628. The molecule has 1 aromatic carbocycles. The maximum absolute atomic E-state index is 5.13. The van der Waals surface area contributed by atoms with E-state index in [4.69, 9.17) is 4.52 Å². The zero-order chi connectivity index (χ0) is 11.9. The Morgan fingerprint density at radius 1 is 1.18 bits per heavy atom. The maximum Gasteiger partial charge on any atom is 0.321 e. The van der Waals surface area contributed by atoms with E-state index in [0.717, 1.165) is 18.5 Å². The predicted octanol–water partition coefficient (Wildman–Crippen LogP) is 3.34. The molecule has 0 saturated carbocycles. The van der Waals surface area contributed by atoms with Gasteiger partial charge in [0.25, 0.3) is 0 Å². The van der Waals surface area contributed by atoms with Crippen molar-refractivity contribution in [2.24, 2.45) is 0 Å². The van der Waals surface area contributed by atoms with E-state index in [1.54, 1.807) is 0 Å². The second-order valence-corrected chi connectivity index (χ2v) is 3.92. The number of anilines is 1. The summed E-state index contributed by atoms with van der Waals surface area (Å²) in [7, 11) is 0. The molecule has 0 bridgehead atoms. The summed E-state index contributed by atoms with van der Waals surface area (Å²) in [6.45, 7) is 3.06. The van der Waals surface area contributed by atoms with Gasteiger partial charge < -0.3 is 9.84 Å².